The summed E-state index contributed by atoms with van der Waals surface area (Å²) in [6.45, 7) is 2.04. The maximum atomic E-state index is 6.22. The second-order valence-electron chi connectivity index (χ2n) is 3.80. The third-order valence-corrected chi connectivity index (χ3v) is 2.65. The standard InChI is InChI=1S/C12H15N3/c1-9-4-6-10(7-5-9)12(14)11(13)3-2-8-15-12/h2-8,15H,13-14H2,1H3. The lowest BCUT2D eigenvalue weighted by Gasteiger charge is -2.33. The molecule has 1 heterocycles. The Kier molecular flexibility index (Phi) is 2.25. The van der Waals surface area contributed by atoms with Crippen molar-refractivity contribution in [2.45, 2.75) is 12.6 Å². The van der Waals surface area contributed by atoms with Crippen LogP contribution in [0, 0.1) is 6.92 Å². The summed E-state index contributed by atoms with van der Waals surface area (Å²) in [7, 11) is 0. The Labute approximate surface area is 89.5 Å². The highest BCUT2D eigenvalue weighted by Crippen LogP contribution is 2.23. The van der Waals surface area contributed by atoms with Crippen LogP contribution in [-0.4, -0.2) is 0 Å². The first-order valence-corrected chi connectivity index (χ1v) is 4.89. The molecule has 3 nitrogen and oxygen atoms in total. The summed E-state index contributed by atoms with van der Waals surface area (Å²) < 4.78 is 0. The van der Waals surface area contributed by atoms with Crippen molar-refractivity contribution in [2.75, 3.05) is 0 Å². The summed E-state index contributed by atoms with van der Waals surface area (Å²) in [6.07, 6.45) is 5.46. The predicted molar refractivity (Wildman–Crippen MR) is 61.6 cm³/mol. The normalized spacial score (nSPS) is 24.5. The van der Waals surface area contributed by atoms with E-state index in [4.69, 9.17) is 11.5 Å². The Balaban J connectivity index is 2.42. The van der Waals surface area contributed by atoms with Crippen LogP contribution in [0.3, 0.4) is 0 Å². The zero-order valence-corrected chi connectivity index (χ0v) is 8.70. The molecule has 0 saturated carbocycles. The van der Waals surface area contributed by atoms with Crippen LogP contribution in [0.4, 0.5) is 0 Å². The highest BCUT2D eigenvalue weighted by Gasteiger charge is 2.29. The summed E-state index contributed by atoms with van der Waals surface area (Å²) in [6, 6.07) is 8.03. The molecule has 0 radical (unpaired) electrons. The topological polar surface area (TPSA) is 64.1 Å². The van der Waals surface area contributed by atoms with E-state index in [9.17, 15) is 0 Å². The molecule has 3 heteroatoms. The van der Waals surface area contributed by atoms with Crippen molar-refractivity contribution in [3.63, 3.8) is 0 Å². The van der Waals surface area contributed by atoms with Gasteiger partial charge in [-0.1, -0.05) is 29.8 Å². The molecule has 1 aliphatic rings. The van der Waals surface area contributed by atoms with Crippen molar-refractivity contribution in [3.05, 3.63) is 59.4 Å². The van der Waals surface area contributed by atoms with E-state index in [1.165, 1.54) is 5.56 Å². The summed E-state index contributed by atoms with van der Waals surface area (Å²) in [5.41, 5.74) is 14.1. The van der Waals surface area contributed by atoms with Gasteiger partial charge in [0.2, 0.25) is 0 Å². The SMILES string of the molecule is Cc1ccc(C2(N)NC=CC=C2N)cc1. The molecule has 0 amide bonds. The van der Waals surface area contributed by atoms with Gasteiger partial charge in [0.05, 0.1) is 5.70 Å². The first-order valence-electron chi connectivity index (χ1n) is 4.89. The van der Waals surface area contributed by atoms with Gasteiger partial charge in [0.1, 0.15) is 0 Å². The van der Waals surface area contributed by atoms with Gasteiger partial charge in [0.15, 0.2) is 5.66 Å². The van der Waals surface area contributed by atoms with Crippen LogP contribution >= 0.6 is 0 Å². The van der Waals surface area contributed by atoms with Crippen LogP contribution < -0.4 is 16.8 Å². The molecule has 15 heavy (non-hydrogen) atoms. The third kappa shape index (κ3) is 1.62. The quantitative estimate of drug-likeness (QED) is 0.636. The summed E-state index contributed by atoms with van der Waals surface area (Å²) >= 11 is 0. The van der Waals surface area contributed by atoms with Gasteiger partial charge in [-0.05, 0) is 30.8 Å². The van der Waals surface area contributed by atoms with E-state index in [1.54, 1.807) is 6.20 Å². The molecular formula is C12H15N3. The molecule has 1 aromatic carbocycles. The Morgan fingerprint density at radius 2 is 1.87 bits per heavy atom. The number of dihydropyridines is 1. The van der Waals surface area contributed by atoms with Gasteiger partial charge in [-0.3, -0.25) is 5.73 Å². The van der Waals surface area contributed by atoms with Crippen LogP contribution in [0.1, 0.15) is 11.1 Å². The minimum atomic E-state index is -0.775. The maximum Gasteiger partial charge on any atom is 0.153 e. The molecule has 0 bridgehead atoms. The number of aryl methyl sites for hydroxylation is 1. The fourth-order valence-corrected chi connectivity index (χ4v) is 1.61. The smallest absolute Gasteiger partial charge is 0.153 e. The predicted octanol–water partition coefficient (Wildman–Crippen LogP) is 1.07. The molecule has 0 aliphatic carbocycles. The average molecular weight is 201 g/mol. The molecule has 0 spiro atoms. The molecule has 1 atom stereocenters. The Hall–Kier alpha value is -1.74. The lowest BCUT2D eigenvalue weighted by Crippen LogP contribution is -2.53. The highest BCUT2D eigenvalue weighted by molar-refractivity contribution is 5.38. The second kappa shape index (κ2) is 3.44. The minimum Gasteiger partial charge on any atom is -0.399 e. The van der Waals surface area contributed by atoms with Crippen molar-refractivity contribution in [2.24, 2.45) is 11.5 Å². The molecule has 2 rings (SSSR count). The van der Waals surface area contributed by atoms with Crippen molar-refractivity contribution in [3.8, 4) is 0 Å². The Morgan fingerprint density at radius 3 is 2.47 bits per heavy atom. The fraction of sp³-hybridized carbons (Fsp3) is 0.167. The molecule has 0 aromatic heterocycles. The fourth-order valence-electron chi connectivity index (χ4n) is 1.61. The number of nitrogens with two attached hydrogens (primary N) is 2. The van der Waals surface area contributed by atoms with E-state index < -0.39 is 5.66 Å². The van der Waals surface area contributed by atoms with E-state index in [2.05, 4.69) is 5.32 Å². The van der Waals surface area contributed by atoms with Crippen molar-refractivity contribution >= 4 is 0 Å². The van der Waals surface area contributed by atoms with E-state index in [1.807, 2.05) is 43.3 Å². The lowest BCUT2D eigenvalue weighted by molar-refractivity contribution is 0.456. The minimum absolute atomic E-state index is 0.619. The van der Waals surface area contributed by atoms with Gasteiger partial charge >= 0.3 is 0 Å². The van der Waals surface area contributed by atoms with E-state index >= 15 is 0 Å². The molecule has 1 aromatic rings. The number of hydrogen-bond donors (Lipinski definition) is 3. The maximum absolute atomic E-state index is 6.22. The number of nitrogens with one attached hydrogen (secondary N) is 1. The van der Waals surface area contributed by atoms with Crippen LogP contribution in [0.5, 0.6) is 0 Å². The van der Waals surface area contributed by atoms with E-state index in [0.717, 1.165) is 5.56 Å². The van der Waals surface area contributed by atoms with Crippen LogP contribution in [-0.2, 0) is 5.66 Å². The van der Waals surface area contributed by atoms with Crippen LogP contribution in [0.15, 0.2) is 48.3 Å². The van der Waals surface area contributed by atoms with Crippen molar-refractivity contribution in [1.82, 2.24) is 5.32 Å². The highest BCUT2D eigenvalue weighted by atomic mass is 15.1. The second-order valence-corrected chi connectivity index (χ2v) is 3.80. The largest absolute Gasteiger partial charge is 0.399 e. The molecule has 1 aliphatic heterocycles. The van der Waals surface area contributed by atoms with Gasteiger partial charge in [-0.25, -0.2) is 0 Å². The Morgan fingerprint density at radius 1 is 1.20 bits per heavy atom. The Bertz CT molecular complexity index is 417. The number of allylic oxidation sites excluding steroid dienone is 2. The summed E-state index contributed by atoms with van der Waals surface area (Å²) in [5, 5.41) is 3.08. The molecule has 0 saturated heterocycles. The monoisotopic (exact) mass is 201 g/mol. The number of hydrogen-bond acceptors (Lipinski definition) is 3. The lowest BCUT2D eigenvalue weighted by atomic mass is 9.94. The molecule has 78 valence electrons. The zero-order valence-electron chi connectivity index (χ0n) is 8.70. The summed E-state index contributed by atoms with van der Waals surface area (Å²) in [5.74, 6) is 0. The van der Waals surface area contributed by atoms with E-state index in [-0.39, 0.29) is 0 Å². The third-order valence-electron chi connectivity index (χ3n) is 2.65. The van der Waals surface area contributed by atoms with Crippen LogP contribution in [0.2, 0.25) is 0 Å². The van der Waals surface area contributed by atoms with E-state index in [0.29, 0.717) is 5.70 Å². The van der Waals surface area contributed by atoms with Crippen LogP contribution in [0.25, 0.3) is 0 Å². The van der Waals surface area contributed by atoms with Gasteiger partial charge in [0, 0.05) is 0 Å². The molecule has 1 unspecified atom stereocenters. The van der Waals surface area contributed by atoms with Gasteiger partial charge in [-0.15, -0.1) is 0 Å². The zero-order chi connectivity index (χ0) is 10.9. The first kappa shape index (κ1) is 9.80. The summed E-state index contributed by atoms with van der Waals surface area (Å²) in [4.78, 5) is 0. The van der Waals surface area contributed by atoms with Gasteiger partial charge in [0.25, 0.3) is 0 Å². The van der Waals surface area contributed by atoms with Crippen molar-refractivity contribution < 1.29 is 0 Å². The van der Waals surface area contributed by atoms with Gasteiger partial charge in [-0.2, -0.15) is 0 Å². The number of rotatable bonds is 1. The molecule has 5 N–H and O–H groups in total. The molecular weight excluding hydrogens is 186 g/mol. The average Bonchev–Trinajstić information content (AvgIpc) is 2.23. The van der Waals surface area contributed by atoms with Crippen molar-refractivity contribution in [1.29, 1.82) is 0 Å². The first-order chi connectivity index (χ1) is 7.13. The van der Waals surface area contributed by atoms with Gasteiger partial charge < -0.3 is 11.1 Å². The number of benzene rings is 1. The molecule has 0 fully saturated rings.